The van der Waals surface area contributed by atoms with E-state index in [1.54, 1.807) is 18.6 Å². The van der Waals surface area contributed by atoms with Crippen LogP contribution in [0.15, 0.2) is 23.4 Å². The first kappa shape index (κ1) is 11.4. The number of nitrogens with zero attached hydrogens (tertiary/aromatic N) is 4. The zero-order valence-corrected chi connectivity index (χ0v) is 10.2. The van der Waals surface area contributed by atoms with Crippen LogP contribution in [0.4, 0.5) is 0 Å². The van der Waals surface area contributed by atoms with Gasteiger partial charge in [0, 0.05) is 18.4 Å². The van der Waals surface area contributed by atoms with E-state index in [4.69, 9.17) is 5.73 Å². The van der Waals surface area contributed by atoms with Crippen molar-refractivity contribution in [2.75, 3.05) is 0 Å². The highest BCUT2D eigenvalue weighted by Gasteiger charge is 2.23. The van der Waals surface area contributed by atoms with E-state index in [-0.39, 0.29) is 11.7 Å². The molecule has 2 aromatic rings. The molecule has 0 saturated heterocycles. The molecule has 1 aliphatic carbocycles. The first-order valence-corrected chi connectivity index (χ1v) is 6.40. The van der Waals surface area contributed by atoms with Gasteiger partial charge in [0.2, 0.25) is 0 Å². The minimum absolute atomic E-state index is 0.0167. The van der Waals surface area contributed by atoms with Gasteiger partial charge in [0.05, 0.1) is 12.7 Å². The summed E-state index contributed by atoms with van der Waals surface area (Å²) in [6.45, 7) is 0.491. The average Bonchev–Trinajstić information content (AvgIpc) is 3.00. The molecule has 6 nitrogen and oxygen atoms in total. The fraction of sp³-hybridized carbons (Fsp3) is 0.583. The fourth-order valence-corrected chi connectivity index (χ4v) is 2.73. The minimum Gasteiger partial charge on any atom is -0.326 e. The molecule has 0 radical (unpaired) electrons. The van der Waals surface area contributed by atoms with Gasteiger partial charge >= 0.3 is 5.69 Å². The highest BCUT2D eigenvalue weighted by Crippen LogP contribution is 2.27. The van der Waals surface area contributed by atoms with Crippen LogP contribution < -0.4 is 11.4 Å². The number of hydrogen-bond donors (Lipinski definition) is 1. The number of rotatable bonds is 3. The lowest BCUT2D eigenvalue weighted by atomic mass is 9.99. The minimum atomic E-state index is -0.138. The smallest absolute Gasteiger partial charge is 0.326 e. The van der Waals surface area contributed by atoms with Crippen molar-refractivity contribution < 1.29 is 0 Å². The van der Waals surface area contributed by atoms with Crippen LogP contribution in [0.25, 0.3) is 5.65 Å². The third-order valence-corrected chi connectivity index (χ3v) is 3.78. The van der Waals surface area contributed by atoms with Gasteiger partial charge in [-0.05, 0) is 18.8 Å². The molecule has 3 rings (SSSR count). The molecule has 0 spiro atoms. The maximum atomic E-state index is 12.1. The molecule has 96 valence electrons. The van der Waals surface area contributed by atoms with Gasteiger partial charge < -0.3 is 5.73 Å². The van der Waals surface area contributed by atoms with Crippen LogP contribution in [-0.2, 0) is 6.54 Å². The highest BCUT2D eigenvalue weighted by atomic mass is 16.2. The Kier molecular flexibility index (Phi) is 2.87. The summed E-state index contributed by atoms with van der Waals surface area (Å²) >= 11 is 0. The Bertz CT molecular complexity index is 596. The first-order valence-electron chi connectivity index (χ1n) is 6.40. The SMILES string of the molecule is NC(Cn1nc2cnccn2c1=O)C1CCCC1. The van der Waals surface area contributed by atoms with Crippen molar-refractivity contribution >= 4 is 5.65 Å². The molecule has 1 aliphatic rings. The number of fused-ring (bicyclic) bond motifs is 1. The van der Waals surface area contributed by atoms with E-state index < -0.39 is 0 Å². The second-order valence-electron chi connectivity index (χ2n) is 4.98. The normalized spacial score (nSPS) is 18.5. The monoisotopic (exact) mass is 247 g/mol. The van der Waals surface area contributed by atoms with Crippen molar-refractivity contribution in [3.63, 3.8) is 0 Å². The molecule has 6 heteroatoms. The van der Waals surface area contributed by atoms with Crippen molar-refractivity contribution in [1.82, 2.24) is 19.2 Å². The van der Waals surface area contributed by atoms with Crippen molar-refractivity contribution in [1.29, 1.82) is 0 Å². The molecule has 1 atom stereocenters. The molecule has 2 N–H and O–H groups in total. The van der Waals surface area contributed by atoms with Crippen LogP contribution in [0, 0.1) is 5.92 Å². The van der Waals surface area contributed by atoms with E-state index in [0.717, 1.165) is 0 Å². The highest BCUT2D eigenvalue weighted by molar-refractivity contribution is 5.31. The molecule has 1 saturated carbocycles. The average molecular weight is 247 g/mol. The summed E-state index contributed by atoms with van der Waals surface area (Å²) in [5.41, 5.74) is 6.61. The fourth-order valence-electron chi connectivity index (χ4n) is 2.73. The first-order chi connectivity index (χ1) is 8.75. The second kappa shape index (κ2) is 4.53. The summed E-state index contributed by atoms with van der Waals surface area (Å²) in [7, 11) is 0. The van der Waals surface area contributed by atoms with Gasteiger partial charge in [-0.25, -0.2) is 13.9 Å². The van der Waals surface area contributed by atoms with Crippen LogP contribution >= 0.6 is 0 Å². The van der Waals surface area contributed by atoms with Gasteiger partial charge in [-0.15, -0.1) is 5.10 Å². The van der Waals surface area contributed by atoms with Crippen molar-refractivity contribution in [3.8, 4) is 0 Å². The quantitative estimate of drug-likeness (QED) is 0.852. The van der Waals surface area contributed by atoms with E-state index in [1.165, 1.54) is 34.8 Å². The van der Waals surface area contributed by atoms with E-state index in [0.29, 0.717) is 18.1 Å². The van der Waals surface area contributed by atoms with Crippen LogP contribution in [0.2, 0.25) is 0 Å². The van der Waals surface area contributed by atoms with E-state index in [9.17, 15) is 4.79 Å². The Morgan fingerprint density at radius 2 is 2.22 bits per heavy atom. The zero-order chi connectivity index (χ0) is 12.5. The number of nitrogens with two attached hydrogens (primary N) is 1. The Balaban J connectivity index is 1.86. The van der Waals surface area contributed by atoms with Crippen LogP contribution in [-0.4, -0.2) is 25.2 Å². The van der Waals surface area contributed by atoms with E-state index >= 15 is 0 Å². The largest absolute Gasteiger partial charge is 0.350 e. The van der Waals surface area contributed by atoms with Crippen molar-refractivity contribution in [2.24, 2.45) is 11.7 Å². The third-order valence-electron chi connectivity index (χ3n) is 3.78. The summed E-state index contributed by atoms with van der Waals surface area (Å²) in [5.74, 6) is 0.528. The lowest BCUT2D eigenvalue weighted by molar-refractivity contribution is 0.368. The standard InChI is InChI=1S/C12H17N5O/c13-10(9-3-1-2-4-9)8-17-12(18)16-6-5-14-7-11(16)15-17/h5-7,9-10H,1-4,8,13H2. The van der Waals surface area contributed by atoms with Gasteiger partial charge in [-0.1, -0.05) is 12.8 Å². The van der Waals surface area contributed by atoms with Gasteiger partial charge in [-0.2, -0.15) is 0 Å². The van der Waals surface area contributed by atoms with Gasteiger partial charge in [0.1, 0.15) is 0 Å². The molecule has 2 heterocycles. The molecule has 0 aromatic carbocycles. The van der Waals surface area contributed by atoms with Crippen molar-refractivity contribution in [3.05, 3.63) is 29.1 Å². The molecule has 0 aliphatic heterocycles. The van der Waals surface area contributed by atoms with E-state index in [2.05, 4.69) is 10.1 Å². The third kappa shape index (κ3) is 1.92. The molecule has 0 amide bonds. The van der Waals surface area contributed by atoms with Gasteiger partial charge in [0.15, 0.2) is 5.65 Å². The Morgan fingerprint density at radius 1 is 1.44 bits per heavy atom. The zero-order valence-electron chi connectivity index (χ0n) is 10.2. The lowest BCUT2D eigenvalue weighted by Gasteiger charge is -2.17. The Morgan fingerprint density at radius 3 is 2.94 bits per heavy atom. The number of hydrogen-bond acceptors (Lipinski definition) is 4. The molecule has 2 aromatic heterocycles. The predicted octanol–water partition coefficient (Wildman–Crippen LogP) is 0.408. The summed E-state index contributed by atoms with van der Waals surface area (Å²) in [6, 6.07) is 0.0167. The maximum Gasteiger partial charge on any atom is 0.350 e. The lowest BCUT2D eigenvalue weighted by Crippen LogP contribution is -2.37. The molecule has 1 unspecified atom stereocenters. The topological polar surface area (TPSA) is 78.2 Å². The summed E-state index contributed by atoms with van der Waals surface area (Å²) in [5, 5.41) is 4.25. The molecular formula is C12H17N5O. The van der Waals surface area contributed by atoms with Crippen molar-refractivity contribution in [2.45, 2.75) is 38.3 Å². The van der Waals surface area contributed by atoms with Crippen LogP contribution in [0.3, 0.4) is 0 Å². The van der Waals surface area contributed by atoms with Crippen LogP contribution in [0.1, 0.15) is 25.7 Å². The summed E-state index contributed by atoms with van der Waals surface area (Å²) in [4.78, 5) is 16.0. The summed E-state index contributed by atoms with van der Waals surface area (Å²) < 4.78 is 2.95. The summed E-state index contributed by atoms with van der Waals surface area (Å²) in [6.07, 6.45) is 9.64. The number of aromatic nitrogens is 4. The van der Waals surface area contributed by atoms with Gasteiger partial charge in [0.25, 0.3) is 0 Å². The molecule has 0 bridgehead atoms. The second-order valence-corrected chi connectivity index (χ2v) is 4.98. The molecule has 1 fully saturated rings. The predicted molar refractivity (Wildman–Crippen MR) is 67.2 cm³/mol. The Hall–Kier alpha value is -1.69. The van der Waals surface area contributed by atoms with Crippen LogP contribution in [0.5, 0.6) is 0 Å². The Labute approximate surface area is 104 Å². The molecular weight excluding hydrogens is 230 g/mol. The maximum absolute atomic E-state index is 12.1. The molecule has 18 heavy (non-hydrogen) atoms. The van der Waals surface area contributed by atoms with E-state index in [1.807, 2.05) is 0 Å². The van der Waals surface area contributed by atoms with Gasteiger partial charge in [-0.3, -0.25) is 4.98 Å².